The molecule has 0 atom stereocenters. The Balaban J connectivity index is 2.23. The number of hydrogen-bond acceptors (Lipinski definition) is 4. The van der Waals surface area contributed by atoms with Crippen molar-refractivity contribution in [3.63, 3.8) is 0 Å². The van der Waals surface area contributed by atoms with Crippen LogP contribution in [0.25, 0.3) is 0 Å². The zero-order valence-electron chi connectivity index (χ0n) is 12.1. The van der Waals surface area contributed by atoms with Gasteiger partial charge < -0.3 is 5.32 Å². The highest BCUT2D eigenvalue weighted by atomic mass is 16.6. The van der Waals surface area contributed by atoms with Crippen LogP contribution in [0.2, 0.25) is 0 Å². The molecule has 0 unspecified atom stereocenters. The van der Waals surface area contributed by atoms with Crippen LogP contribution in [0.3, 0.4) is 0 Å². The Morgan fingerprint density at radius 1 is 1.30 bits per heavy atom. The highest BCUT2D eigenvalue weighted by molar-refractivity contribution is 5.60. The number of anilines is 1. The minimum atomic E-state index is -0.352. The predicted octanol–water partition coefficient (Wildman–Crippen LogP) is 2.87. The number of rotatable bonds is 4. The molecule has 20 heavy (non-hydrogen) atoms. The van der Waals surface area contributed by atoms with Crippen LogP contribution in [-0.2, 0) is 13.6 Å². The summed E-state index contributed by atoms with van der Waals surface area (Å²) in [5.41, 5.74) is 4.63. The van der Waals surface area contributed by atoms with Crippen molar-refractivity contribution in [1.29, 1.82) is 0 Å². The van der Waals surface area contributed by atoms with Crippen molar-refractivity contribution in [1.82, 2.24) is 9.78 Å². The molecule has 6 heteroatoms. The number of nitrogens with zero attached hydrogens (tertiary/aromatic N) is 3. The topological polar surface area (TPSA) is 73.0 Å². The summed E-state index contributed by atoms with van der Waals surface area (Å²) in [6.07, 6.45) is 1.94. The summed E-state index contributed by atoms with van der Waals surface area (Å²) in [5, 5.41) is 18.5. The molecule has 1 aromatic heterocycles. The Morgan fingerprint density at radius 3 is 2.55 bits per heavy atom. The van der Waals surface area contributed by atoms with Gasteiger partial charge >= 0.3 is 0 Å². The molecule has 0 aliphatic heterocycles. The number of nitro groups is 1. The second-order valence-corrected chi connectivity index (χ2v) is 4.98. The van der Waals surface area contributed by atoms with Gasteiger partial charge in [-0.2, -0.15) is 5.10 Å². The zero-order valence-corrected chi connectivity index (χ0v) is 12.1. The van der Waals surface area contributed by atoms with E-state index in [4.69, 9.17) is 0 Å². The molecule has 2 rings (SSSR count). The quantitative estimate of drug-likeness (QED) is 0.687. The SMILES string of the molecule is Cc1cc(C)c([N+](=O)[O-])cc1NCc1cn(C)nc1C. The maximum absolute atomic E-state index is 11.0. The van der Waals surface area contributed by atoms with Gasteiger partial charge in [0.15, 0.2) is 0 Å². The first-order chi connectivity index (χ1) is 9.38. The first-order valence-corrected chi connectivity index (χ1v) is 6.37. The lowest BCUT2D eigenvalue weighted by molar-refractivity contribution is -0.385. The van der Waals surface area contributed by atoms with Gasteiger partial charge in [-0.25, -0.2) is 0 Å². The molecule has 1 N–H and O–H groups in total. The predicted molar refractivity (Wildman–Crippen MR) is 77.8 cm³/mol. The standard InChI is InChI=1S/C14H18N4O2/c1-9-5-10(2)14(18(19)20)6-13(9)15-7-12-8-17(4)16-11(12)3/h5-6,8,15H,7H2,1-4H3. The Bertz CT molecular complexity index is 661. The molecule has 6 nitrogen and oxygen atoms in total. The van der Waals surface area contributed by atoms with Crippen LogP contribution in [0.5, 0.6) is 0 Å². The molecule has 0 bridgehead atoms. The maximum Gasteiger partial charge on any atom is 0.274 e. The lowest BCUT2D eigenvalue weighted by Gasteiger charge is -2.10. The Labute approximate surface area is 117 Å². The van der Waals surface area contributed by atoms with Gasteiger partial charge in [0.2, 0.25) is 0 Å². The third-order valence-electron chi connectivity index (χ3n) is 3.32. The third-order valence-corrected chi connectivity index (χ3v) is 3.32. The van der Waals surface area contributed by atoms with E-state index in [0.29, 0.717) is 12.1 Å². The van der Waals surface area contributed by atoms with Crippen LogP contribution in [-0.4, -0.2) is 14.7 Å². The molecule has 2 aromatic rings. The summed E-state index contributed by atoms with van der Waals surface area (Å²) in [6.45, 7) is 6.23. The molecular formula is C14H18N4O2. The molecular weight excluding hydrogens is 256 g/mol. The number of benzene rings is 1. The first kappa shape index (κ1) is 14.0. The highest BCUT2D eigenvalue weighted by Crippen LogP contribution is 2.26. The van der Waals surface area contributed by atoms with Crippen LogP contribution in [0, 0.1) is 30.9 Å². The van der Waals surface area contributed by atoms with Crippen LogP contribution < -0.4 is 5.32 Å². The van der Waals surface area contributed by atoms with Crippen molar-refractivity contribution < 1.29 is 4.92 Å². The maximum atomic E-state index is 11.0. The summed E-state index contributed by atoms with van der Waals surface area (Å²) < 4.78 is 1.76. The van der Waals surface area contributed by atoms with Crippen molar-refractivity contribution in [2.45, 2.75) is 27.3 Å². The average molecular weight is 274 g/mol. The van der Waals surface area contributed by atoms with Crippen molar-refractivity contribution in [2.75, 3.05) is 5.32 Å². The summed E-state index contributed by atoms with van der Waals surface area (Å²) >= 11 is 0. The first-order valence-electron chi connectivity index (χ1n) is 6.37. The summed E-state index contributed by atoms with van der Waals surface area (Å²) in [5.74, 6) is 0. The van der Waals surface area contributed by atoms with Gasteiger partial charge in [-0.1, -0.05) is 0 Å². The normalized spacial score (nSPS) is 10.6. The molecule has 0 amide bonds. The molecule has 0 radical (unpaired) electrons. The van der Waals surface area contributed by atoms with Crippen LogP contribution >= 0.6 is 0 Å². The van der Waals surface area contributed by atoms with Gasteiger partial charge in [0.1, 0.15) is 0 Å². The van der Waals surface area contributed by atoms with Gasteiger partial charge in [-0.15, -0.1) is 0 Å². The van der Waals surface area contributed by atoms with E-state index >= 15 is 0 Å². The lowest BCUT2D eigenvalue weighted by atomic mass is 10.1. The summed E-state index contributed by atoms with van der Waals surface area (Å²) in [6, 6.07) is 3.42. The average Bonchev–Trinajstić information content (AvgIpc) is 2.66. The molecule has 0 saturated carbocycles. The fraction of sp³-hybridized carbons (Fsp3) is 0.357. The third kappa shape index (κ3) is 2.79. The van der Waals surface area contributed by atoms with E-state index in [1.54, 1.807) is 17.7 Å². The van der Waals surface area contributed by atoms with Crippen molar-refractivity contribution in [2.24, 2.45) is 7.05 Å². The number of hydrogen-bond donors (Lipinski definition) is 1. The molecule has 0 fully saturated rings. The lowest BCUT2D eigenvalue weighted by Crippen LogP contribution is -2.03. The van der Waals surface area contributed by atoms with E-state index in [-0.39, 0.29) is 10.6 Å². The van der Waals surface area contributed by atoms with Gasteiger partial charge in [0.05, 0.1) is 10.6 Å². The summed E-state index contributed by atoms with van der Waals surface area (Å²) in [7, 11) is 1.87. The number of nitrogens with one attached hydrogen (secondary N) is 1. The fourth-order valence-corrected chi connectivity index (χ4v) is 2.24. The monoisotopic (exact) mass is 274 g/mol. The van der Waals surface area contributed by atoms with Gasteiger partial charge in [-0.3, -0.25) is 14.8 Å². The van der Waals surface area contributed by atoms with E-state index in [1.165, 1.54) is 0 Å². The van der Waals surface area contributed by atoms with Crippen LogP contribution in [0.15, 0.2) is 18.3 Å². The smallest absolute Gasteiger partial charge is 0.274 e. The van der Waals surface area contributed by atoms with Gasteiger partial charge in [-0.05, 0) is 32.4 Å². The number of aromatic nitrogens is 2. The minimum Gasteiger partial charge on any atom is -0.380 e. The second-order valence-electron chi connectivity index (χ2n) is 4.98. The fourth-order valence-electron chi connectivity index (χ4n) is 2.24. The molecule has 1 aromatic carbocycles. The van der Waals surface area contributed by atoms with E-state index in [9.17, 15) is 10.1 Å². The second kappa shape index (κ2) is 5.32. The molecule has 0 aliphatic carbocycles. The number of nitro benzene ring substituents is 1. The molecule has 1 heterocycles. The van der Waals surface area contributed by atoms with E-state index in [2.05, 4.69) is 10.4 Å². The Kier molecular flexibility index (Phi) is 3.74. The molecule has 0 saturated heterocycles. The van der Waals surface area contributed by atoms with Crippen LogP contribution in [0.4, 0.5) is 11.4 Å². The zero-order chi connectivity index (χ0) is 14.9. The highest BCUT2D eigenvalue weighted by Gasteiger charge is 2.13. The Morgan fingerprint density at radius 2 is 2.00 bits per heavy atom. The van der Waals surface area contributed by atoms with E-state index < -0.39 is 0 Å². The largest absolute Gasteiger partial charge is 0.380 e. The summed E-state index contributed by atoms with van der Waals surface area (Å²) in [4.78, 5) is 10.6. The Hall–Kier alpha value is -2.37. The molecule has 0 spiro atoms. The van der Waals surface area contributed by atoms with Gasteiger partial charge in [0.25, 0.3) is 5.69 Å². The van der Waals surface area contributed by atoms with Gasteiger partial charge in [0, 0.05) is 42.7 Å². The van der Waals surface area contributed by atoms with Crippen LogP contribution in [0.1, 0.15) is 22.4 Å². The van der Waals surface area contributed by atoms with Crippen molar-refractivity contribution in [3.8, 4) is 0 Å². The number of aryl methyl sites for hydroxylation is 4. The molecule has 0 aliphatic rings. The van der Waals surface area contributed by atoms with Crippen molar-refractivity contribution >= 4 is 11.4 Å². The van der Waals surface area contributed by atoms with E-state index in [1.807, 2.05) is 33.2 Å². The molecule has 106 valence electrons. The van der Waals surface area contributed by atoms with Crippen molar-refractivity contribution in [3.05, 3.63) is 50.8 Å². The minimum absolute atomic E-state index is 0.140. The van der Waals surface area contributed by atoms with E-state index in [0.717, 1.165) is 22.5 Å².